The minimum absolute atomic E-state index is 0.0338. The number of carbonyl (C=O) groups is 1. The van der Waals surface area contributed by atoms with Crippen molar-refractivity contribution >= 4 is 28.5 Å². The summed E-state index contributed by atoms with van der Waals surface area (Å²) in [5.74, 6) is 0.156. The van der Waals surface area contributed by atoms with Crippen LogP contribution in [0.3, 0.4) is 0 Å². The Hall–Kier alpha value is -2.80. The van der Waals surface area contributed by atoms with Gasteiger partial charge < -0.3 is 19.1 Å². The predicted molar refractivity (Wildman–Crippen MR) is 114 cm³/mol. The van der Waals surface area contributed by atoms with Gasteiger partial charge in [-0.15, -0.1) is 0 Å². The Morgan fingerprint density at radius 2 is 2.00 bits per heavy atom. The predicted octanol–water partition coefficient (Wildman–Crippen LogP) is 5.52. The molecule has 0 saturated heterocycles. The topological polar surface area (TPSA) is 60.7 Å². The number of hydrogen-bond donors (Lipinski definition) is 1. The van der Waals surface area contributed by atoms with Gasteiger partial charge in [-0.05, 0) is 48.4 Å². The van der Waals surface area contributed by atoms with E-state index in [1.807, 2.05) is 24.3 Å². The first-order chi connectivity index (χ1) is 15.0. The molecular formula is C23H22ClF2NO4. The van der Waals surface area contributed by atoms with Crippen molar-refractivity contribution in [1.82, 2.24) is 4.57 Å². The van der Waals surface area contributed by atoms with Gasteiger partial charge in [0.05, 0.1) is 11.4 Å². The highest BCUT2D eigenvalue weighted by atomic mass is 35.5. The van der Waals surface area contributed by atoms with Crippen molar-refractivity contribution in [2.75, 3.05) is 13.3 Å². The molecule has 0 bridgehead atoms. The quantitative estimate of drug-likeness (QED) is 0.467. The van der Waals surface area contributed by atoms with Crippen molar-refractivity contribution in [3.63, 3.8) is 0 Å². The van der Waals surface area contributed by atoms with Crippen LogP contribution in [0.1, 0.15) is 30.0 Å². The minimum Gasteiger partial charge on any atom is -0.489 e. The van der Waals surface area contributed by atoms with Crippen LogP contribution >= 0.6 is 11.6 Å². The molecule has 0 unspecified atom stereocenters. The number of rotatable bonds is 9. The first-order valence-corrected chi connectivity index (χ1v) is 10.4. The highest BCUT2D eigenvalue weighted by Crippen LogP contribution is 2.37. The van der Waals surface area contributed by atoms with E-state index in [4.69, 9.17) is 26.2 Å². The summed E-state index contributed by atoms with van der Waals surface area (Å²) < 4.78 is 38.6. The summed E-state index contributed by atoms with van der Waals surface area (Å²) >= 11 is 6.17. The Morgan fingerprint density at radius 3 is 2.71 bits per heavy atom. The molecule has 8 heteroatoms. The number of aryl methyl sites for hydroxylation is 1. The van der Waals surface area contributed by atoms with Gasteiger partial charge in [0.15, 0.2) is 6.10 Å². The molecule has 3 aromatic rings. The molecule has 0 radical (unpaired) electrons. The minimum atomic E-state index is -1.16. The summed E-state index contributed by atoms with van der Waals surface area (Å²) in [5.41, 5.74) is 2.90. The number of ether oxygens (including phenoxy) is 2. The van der Waals surface area contributed by atoms with Crippen LogP contribution in [-0.4, -0.2) is 35.1 Å². The van der Waals surface area contributed by atoms with Crippen molar-refractivity contribution in [1.29, 1.82) is 0 Å². The molecule has 31 heavy (non-hydrogen) atoms. The van der Waals surface area contributed by atoms with E-state index >= 15 is 0 Å². The van der Waals surface area contributed by atoms with Gasteiger partial charge in [0.2, 0.25) is 0 Å². The molecule has 1 aliphatic rings. The average molecular weight is 450 g/mol. The van der Waals surface area contributed by atoms with Gasteiger partial charge in [-0.3, -0.25) is 4.79 Å². The zero-order chi connectivity index (χ0) is 22.0. The maximum Gasteiger partial charge on any atom is 0.304 e. The lowest BCUT2D eigenvalue weighted by molar-refractivity contribution is -0.137. The van der Waals surface area contributed by atoms with E-state index in [0.29, 0.717) is 5.75 Å². The monoisotopic (exact) mass is 449 g/mol. The van der Waals surface area contributed by atoms with Gasteiger partial charge in [0, 0.05) is 29.1 Å². The summed E-state index contributed by atoms with van der Waals surface area (Å²) in [5, 5.41) is 10.4. The van der Waals surface area contributed by atoms with Crippen molar-refractivity contribution in [2.24, 2.45) is 0 Å². The number of carboxylic acids is 1. The van der Waals surface area contributed by atoms with E-state index in [2.05, 4.69) is 4.57 Å². The maximum atomic E-state index is 12.6. The van der Waals surface area contributed by atoms with E-state index in [1.54, 1.807) is 18.2 Å². The lowest BCUT2D eigenvalue weighted by Gasteiger charge is -2.14. The third kappa shape index (κ3) is 4.61. The third-order valence-corrected chi connectivity index (χ3v) is 5.78. The fraction of sp³-hybridized carbons (Fsp3) is 0.348. The molecule has 2 aromatic carbocycles. The molecule has 1 N–H and O–H groups in total. The van der Waals surface area contributed by atoms with Crippen molar-refractivity contribution < 1.29 is 28.2 Å². The molecule has 0 amide bonds. The number of alkyl halides is 2. The Labute approximate surface area is 183 Å². The van der Waals surface area contributed by atoms with Gasteiger partial charge in [-0.2, -0.15) is 0 Å². The molecule has 0 aliphatic carbocycles. The Bertz CT molecular complexity index is 1100. The average Bonchev–Trinajstić information content (AvgIpc) is 3.30. The molecule has 5 nitrogen and oxygen atoms in total. The smallest absolute Gasteiger partial charge is 0.304 e. The van der Waals surface area contributed by atoms with Gasteiger partial charge in [-0.25, -0.2) is 8.78 Å². The SMILES string of the molecule is O=C(O)C[C@H]1CCn2c1cc1cc(OCc3ccc(OC(CF)CF)c(Cl)c3)ccc12. The molecule has 164 valence electrons. The number of hydrogen-bond acceptors (Lipinski definition) is 3. The molecule has 1 aliphatic heterocycles. The summed E-state index contributed by atoms with van der Waals surface area (Å²) in [6, 6.07) is 12.8. The second kappa shape index (κ2) is 9.14. The third-order valence-electron chi connectivity index (χ3n) is 5.48. The normalized spacial score (nSPS) is 15.4. The van der Waals surface area contributed by atoms with E-state index < -0.39 is 25.4 Å². The fourth-order valence-corrected chi connectivity index (χ4v) is 4.23. The van der Waals surface area contributed by atoms with Gasteiger partial charge in [-0.1, -0.05) is 17.7 Å². The van der Waals surface area contributed by atoms with Crippen molar-refractivity contribution in [2.45, 2.75) is 38.0 Å². The summed E-state index contributed by atoms with van der Waals surface area (Å²) in [4.78, 5) is 11.1. The van der Waals surface area contributed by atoms with Crippen LogP contribution in [0.15, 0.2) is 42.5 Å². The van der Waals surface area contributed by atoms with E-state index in [1.165, 1.54) is 0 Å². The first kappa shape index (κ1) is 21.4. The highest BCUT2D eigenvalue weighted by molar-refractivity contribution is 6.32. The number of nitrogens with zero attached hydrogens (tertiary/aromatic N) is 1. The van der Waals surface area contributed by atoms with Crippen LogP contribution in [0.5, 0.6) is 11.5 Å². The lowest BCUT2D eigenvalue weighted by atomic mass is 10.0. The standard InChI is InChI=1S/C23H22ClF2NO4/c24-19-7-14(1-4-22(19)31-18(11-25)12-26)13-30-17-2-3-20-16(8-17)9-21-15(10-23(28)29)5-6-27(20)21/h1-4,7-9,15,18H,5-6,10-13H2,(H,28,29)/t15-/m1/s1. The van der Waals surface area contributed by atoms with E-state index in [0.717, 1.165) is 35.1 Å². The summed E-state index contributed by atoms with van der Waals surface area (Å²) in [7, 11) is 0. The number of aliphatic carboxylic acids is 1. The number of halogens is 3. The van der Waals surface area contributed by atoms with Crippen molar-refractivity contribution in [3.05, 3.63) is 58.7 Å². The van der Waals surface area contributed by atoms with Crippen LogP contribution in [0.4, 0.5) is 8.78 Å². The van der Waals surface area contributed by atoms with E-state index in [9.17, 15) is 13.6 Å². The second-order valence-electron chi connectivity index (χ2n) is 7.63. The summed E-state index contributed by atoms with van der Waals surface area (Å²) in [6.07, 6.45) is -0.184. The van der Waals surface area contributed by atoms with E-state index in [-0.39, 0.29) is 29.7 Å². The molecule has 2 heterocycles. The Morgan fingerprint density at radius 1 is 1.19 bits per heavy atom. The Kier molecular flexibility index (Phi) is 6.32. The first-order valence-electron chi connectivity index (χ1n) is 10.0. The molecule has 0 saturated carbocycles. The number of carboxylic acid groups (broad SMARTS) is 1. The number of benzene rings is 2. The van der Waals surface area contributed by atoms with Crippen LogP contribution < -0.4 is 9.47 Å². The maximum absolute atomic E-state index is 12.6. The molecule has 4 rings (SSSR count). The molecule has 1 aromatic heterocycles. The fourth-order valence-electron chi connectivity index (χ4n) is 3.98. The van der Waals surface area contributed by atoms with Crippen molar-refractivity contribution in [3.8, 4) is 11.5 Å². The van der Waals surface area contributed by atoms with Gasteiger partial charge in [0.25, 0.3) is 0 Å². The zero-order valence-electron chi connectivity index (χ0n) is 16.7. The molecule has 0 fully saturated rings. The largest absolute Gasteiger partial charge is 0.489 e. The van der Waals surface area contributed by atoms with Crippen LogP contribution in [0, 0.1) is 0 Å². The zero-order valence-corrected chi connectivity index (χ0v) is 17.4. The van der Waals surface area contributed by atoms with Gasteiger partial charge in [0.1, 0.15) is 31.5 Å². The van der Waals surface area contributed by atoms with Gasteiger partial charge >= 0.3 is 5.97 Å². The highest BCUT2D eigenvalue weighted by Gasteiger charge is 2.26. The molecular weight excluding hydrogens is 428 g/mol. The van der Waals surface area contributed by atoms with Crippen LogP contribution in [0.2, 0.25) is 5.02 Å². The van der Waals surface area contributed by atoms with Crippen LogP contribution in [-0.2, 0) is 17.9 Å². The second-order valence-corrected chi connectivity index (χ2v) is 8.03. The number of aromatic nitrogens is 1. The lowest BCUT2D eigenvalue weighted by Crippen LogP contribution is -2.21. The Balaban J connectivity index is 1.45. The molecule has 1 atom stereocenters. The molecule has 0 spiro atoms. The number of fused-ring (bicyclic) bond motifs is 3. The summed E-state index contributed by atoms with van der Waals surface area (Å²) in [6.45, 7) is -0.784. The van der Waals surface area contributed by atoms with Crippen LogP contribution in [0.25, 0.3) is 10.9 Å².